The van der Waals surface area contributed by atoms with Gasteiger partial charge in [-0.3, -0.25) is 4.90 Å². The van der Waals surface area contributed by atoms with Gasteiger partial charge < -0.3 is 9.84 Å². The average Bonchev–Trinajstić information content (AvgIpc) is 2.40. The summed E-state index contributed by atoms with van der Waals surface area (Å²) in [6, 6.07) is 9.64. The van der Waals surface area contributed by atoms with Crippen LogP contribution in [0.1, 0.15) is 5.56 Å². The zero-order chi connectivity index (χ0) is 15.1. The number of hydrogen-bond donors (Lipinski definition) is 1. The minimum Gasteiger partial charge on any atom is -0.381 e. The van der Waals surface area contributed by atoms with E-state index in [1.54, 1.807) is 0 Å². The highest BCUT2D eigenvalue weighted by Gasteiger charge is 2.66. The maximum atomic E-state index is 13.3. The van der Waals surface area contributed by atoms with Crippen LogP contribution in [-0.2, 0) is 11.3 Å². The number of hydrogen-bond acceptors (Lipinski definition) is 3. The Morgan fingerprint density at radius 1 is 1.14 bits per heavy atom. The fourth-order valence-corrected chi connectivity index (χ4v) is 3.46. The van der Waals surface area contributed by atoms with Crippen LogP contribution in [0.2, 0.25) is 0 Å². The predicted molar refractivity (Wildman–Crippen MR) is 70.5 cm³/mol. The summed E-state index contributed by atoms with van der Waals surface area (Å²) in [5.41, 5.74) is -1.55. The standard InChI is InChI=1S/C15H18F3NO2/c16-15(17,18)14(20)12-7-19(8-13(14)10-21-9-12)6-11-4-2-1-3-5-11/h1-5,12-13,20H,6-10H2/t12-,13-/m0/s1. The van der Waals surface area contributed by atoms with Gasteiger partial charge in [0.05, 0.1) is 13.2 Å². The lowest BCUT2D eigenvalue weighted by molar-refractivity contribution is -0.336. The summed E-state index contributed by atoms with van der Waals surface area (Å²) >= 11 is 0. The molecule has 0 amide bonds. The number of alkyl halides is 3. The molecule has 1 aromatic carbocycles. The third-order valence-corrected chi connectivity index (χ3v) is 4.54. The normalized spacial score (nSPS) is 33.9. The van der Waals surface area contributed by atoms with Crippen molar-refractivity contribution in [1.82, 2.24) is 4.90 Å². The van der Waals surface area contributed by atoms with Gasteiger partial charge in [-0.15, -0.1) is 0 Å². The van der Waals surface area contributed by atoms with Gasteiger partial charge in [0.1, 0.15) is 0 Å². The van der Waals surface area contributed by atoms with Gasteiger partial charge in [0.25, 0.3) is 0 Å². The summed E-state index contributed by atoms with van der Waals surface area (Å²) in [7, 11) is 0. The second-order valence-corrected chi connectivity index (χ2v) is 5.93. The number of likely N-dealkylation sites (tertiary alicyclic amines) is 1. The van der Waals surface area contributed by atoms with E-state index in [2.05, 4.69) is 0 Å². The van der Waals surface area contributed by atoms with Crippen LogP contribution >= 0.6 is 0 Å². The van der Waals surface area contributed by atoms with Crippen LogP contribution in [0.4, 0.5) is 13.2 Å². The predicted octanol–water partition coefficient (Wildman–Crippen LogP) is 2.06. The number of aliphatic hydroxyl groups is 1. The molecule has 0 saturated carbocycles. The largest absolute Gasteiger partial charge is 0.418 e. The quantitative estimate of drug-likeness (QED) is 0.907. The zero-order valence-corrected chi connectivity index (χ0v) is 11.5. The number of ether oxygens (including phenoxy) is 1. The molecule has 116 valence electrons. The van der Waals surface area contributed by atoms with Crippen LogP contribution in [0.5, 0.6) is 0 Å². The fraction of sp³-hybridized carbons (Fsp3) is 0.600. The minimum atomic E-state index is -4.61. The highest BCUT2D eigenvalue weighted by molar-refractivity contribution is 5.15. The lowest BCUT2D eigenvalue weighted by Gasteiger charge is -2.52. The van der Waals surface area contributed by atoms with Gasteiger partial charge in [0.2, 0.25) is 0 Å². The molecule has 3 nitrogen and oxygen atoms in total. The summed E-state index contributed by atoms with van der Waals surface area (Å²) < 4.78 is 45.1. The number of nitrogens with zero attached hydrogens (tertiary/aromatic N) is 1. The Morgan fingerprint density at radius 2 is 1.71 bits per heavy atom. The van der Waals surface area contributed by atoms with Crippen LogP contribution in [0, 0.1) is 11.8 Å². The van der Waals surface area contributed by atoms with Crippen molar-refractivity contribution < 1.29 is 23.0 Å². The molecule has 2 atom stereocenters. The lowest BCUT2D eigenvalue weighted by Crippen LogP contribution is -2.69. The van der Waals surface area contributed by atoms with E-state index in [-0.39, 0.29) is 26.3 Å². The summed E-state index contributed by atoms with van der Waals surface area (Å²) in [6.45, 7) is 0.903. The Balaban J connectivity index is 1.78. The highest BCUT2D eigenvalue weighted by Crippen LogP contribution is 2.47. The molecule has 2 aliphatic rings. The van der Waals surface area contributed by atoms with Crippen molar-refractivity contribution in [2.24, 2.45) is 11.8 Å². The number of rotatable bonds is 2. The van der Waals surface area contributed by atoms with Crippen molar-refractivity contribution in [1.29, 1.82) is 0 Å². The minimum absolute atomic E-state index is 0.0438. The van der Waals surface area contributed by atoms with Crippen molar-refractivity contribution in [3.05, 3.63) is 35.9 Å². The Bertz CT molecular complexity index is 477. The van der Waals surface area contributed by atoms with E-state index < -0.39 is 23.6 Å². The molecular formula is C15H18F3NO2. The third kappa shape index (κ3) is 2.56. The smallest absolute Gasteiger partial charge is 0.381 e. The Labute approximate surface area is 121 Å². The average molecular weight is 301 g/mol. The molecule has 1 N–H and O–H groups in total. The first-order valence-electron chi connectivity index (χ1n) is 7.04. The van der Waals surface area contributed by atoms with E-state index in [1.165, 1.54) is 0 Å². The molecule has 0 spiro atoms. The Morgan fingerprint density at radius 3 is 2.24 bits per heavy atom. The molecule has 21 heavy (non-hydrogen) atoms. The molecule has 0 radical (unpaired) electrons. The maximum Gasteiger partial charge on any atom is 0.418 e. The molecule has 1 aromatic rings. The Hall–Kier alpha value is -1.11. The van der Waals surface area contributed by atoms with Gasteiger partial charge in [-0.25, -0.2) is 0 Å². The molecule has 2 saturated heterocycles. The summed E-state index contributed by atoms with van der Waals surface area (Å²) in [4.78, 5) is 1.98. The molecule has 2 aliphatic heterocycles. The number of piperidine rings is 1. The zero-order valence-electron chi connectivity index (χ0n) is 11.5. The molecule has 0 unspecified atom stereocenters. The molecule has 6 heteroatoms. The lowest BCUT2D eigenvalue weighted by atomic mass is 9.71. The molecule has 2 heterocycles. The first kappa shape index (κ1) is 14.8. The molecule has 0 aromatic heterocycles. The van der Waals surface area contributed by atoms with E-state index in [9.17, 15) is 18.3 Å². The molecule has 3 rings (SSSR count). The van der Waals surface area contributed by atoms with Gasteiger partial charge in [-0.1, -0.05) is 30.3 Å². The van der Waals surface area contributed by atoms with E-state index in [0.717, 1.165) is 5.56 Å². The van der Waals surface area contributed by atoms with Crippen molar-refractivity contribution in [3.8, 4) is 0 Å². The van der Waals surface area contributed by atoms with Crippen molar-refractivity contribution in [3.63, 3.8) is 0 Å². The maximum absolute atomic E-state index is 13.3. The first-order valence-corrected chi connectivity index (χ1v) is 7.04. The second-order valence-electron chi connectivity index (χ2n) is 5.93. The van der Waals surface area contributed by atoms with Gasteiger partial charge in [-0.2, -0.15) is 13.2 Å². The molecule has 0 aliphatic carbocycles. The summed E-state index contributed by atoms with van der Waals surface area (Å²) in [6.07, 6.45) is -4.61. The molecule has 2 fully saturated rings. The van der Waals surface area contributed by atoms with Gasteiger partial charge in [0, 0.05) is 31.5 Å². The van der Waals surface area contributed by atoms with Gasteiger partial charge in [0.15, 0.2) is 5.60 Å². The number of fused-ring (bicyclic) bond motifs is 2. The molecule has 2 bridgehead atoms. The topological polar surface area (TPSA) is 32.7 Å². The van der Waals surface area contributed by atoms with Gasteiger partial charge >= 0.3 is 6.18 Å². The van der Waals surface area contributed by atoms with Crippen LogP contribution < -0.4 is 0 Å². The van der Waals surface area contributed by atoms with Crippen LogP contribution in [0.15, 0.2) is 30.3 Å². The number of halogens is 3. The van der Waals surface area contributed by atoms with Gasteiger partial charge in [-0.05, 0) is 5.56 Å². The Kier molecular flexibility index (Phi) is 3.71. The van der Waals surface area contributed by atoms with Crippen LogP contribution in [-0.4, -0.2) is 48.1 Å². The third-order valence-electron chi connectivity index (χ3n) is 4.54. The first-order chi connectivity index (χ1) is 9.91. The second kappa shape index (κ2) is 5.26. The van der Waals surface area contributed by atoms with E-state index in [0.29, 0.717) is 6.54 Å². The van der Waals surface area contributed by atoms with E-state index >= 15 is 0 Å². The van der Waals surface area contributed by atoms with E-state index in [4.69, 9.17) is 4.74 Å². The van der Waals surface area contributed by atoms with Crippen molar-refractivity contribution in [2.75, 3.05) is 26.3 Å². The highest BCUT2D eigenvalue weighted by atomic mass is 19.4. The van der Waals surface area contributed by atoms with Crippen molar-refractivity contribution in [2.45, 2.75) is 18.3 Å². The number of benzene rings is 1. The monoisotopic (exact) mass is 301 g/mol. The van der Waals surface area contributed by atoms with Crippen molar-refractivity contribution >= 4 is 0 Å². The molecular weight excluding hydrogens is 283 g/mol. The SMILES string of the molecule is OC1(C(F)(F)F)[C@@H]2COC[C@@H]1CN(Cc1ccccc1)C2. The van der Waals surface area contributed by atoms with Crippen LogP contribution in [0.25, 0.3) is 0 Å². The van der Waals surface area contributed by atoms with Crippen LogP contribution in [0.3, 0.4) is 0 Å². The summed E-state index contributed by atoms with van der Waals surface area (Å²) in [5, 5.41) is 10.2. The fourth-order valence-electron chi connectivity index (χ4n) is 3.46. The summed E-state index contributed by atoms with van der Waals surface area (Å²) in [5.74, 6) is -1.84. The van der Waals surface area contributed by atoms with E-state index in [1.807, 2.05) is 35.2 Å².